The van der Waals surface area contributed by atoms with E-state index in [1.165, 1.54) is 0 Å². The lowest BCUT2D eigenvalue weighted by atomic mass is 9.98. The Morgan fingerprint density at radius 3 is 2.55 bits per heavy atom. The molecule has 0 aromatic heterocycles. The molecule has 0 amide bonds. The van der Waals surface area contributed by atoms with Gasteiger partial charge >= 0.3 is 5.97 Å². The number of aldehydes is 1. The summed E-state index contributed by atoms with van der Waals surface area (Å²) in [4.78, 5) is 22.8. The minimum atomic E-state index is -0.294. The molecule has 4 nitrogen and oxygen atoms in total. The van der Waals surface area contributed by atoms with Gasteiger partial charge in [0.15, 0.2) is 0 Å². The minimum absolute atomic E-state index is 0.189. The van der Waals surface area contributed by atoms with E-state index >= 15 is 0 Å². The Morgan fingerprint density at radius 2 is 1.95 bits per heavy atom. The number of allylic oxidation sites excluding steroid dienone is 1. The van der Waals surface area contributed by atoms with Gasteiger partial charge in [-0.2, -0.15) is 0 Å². The lowest BCUT2D eigenvalue weighted by Crippen LogP contribution is -2.17. The third-order valence-electron chi connectivity index (χ3n) is 3.65. The first-order valence-corrected chi connectivity index (χ1v) is 7.44. The minimum Gasteiger partial charge on any atom is -0.459 e. The molecule has 0 radical (unpaired) electrons. The van der Waals surface area contributed by atoms with Crippen LogP contribution in [-0.2, 0) is 14.3 Å². The Balaban J connectivity index is 2.64. The third-order valence-corrected chi connectivity index (χ3v) is 3.65. The van der Waals surface area contributed by atoms with Crippen LogP contribution in [0.2, 0.25) is 0 Å². The highest BCUT2D eigenvalue weighted by molar-refractivity contribution is 5.87. The van der Waals surface area contributed by atoms with Crippen LogP contribution in [0.1, 0.15) is 55.6 Å². The van der Waals surface area contributed by atoms with Crippen LogP contribution in [0.5, 0.6) is 0 Å². The topological polar surface area (TPSA) is 52.6 Å². The van der Waals surface area contributed by atoms with Gasteiger partial charge in [0, 0.05) is 18.2 Å². The van der Waals surface area contributed by atoms with Crippen molar-refractivity contribution in [2.45, 2.75) is 45.8 Å². The Hall–Kier alpha value is -1.94. The van der Waals surface area contributed by atoms with Crippen molar-refractivity contribution in [3.63, 3.8) is 0 Å². The number of ether oxygens (including phenoxy) is 2. The zero-order valence-corrected chi connectivity index (χ0v) is 13.7. The Kier molecular flexibility index (Phi) is 7.54. The molecule has 0 aliphatic heterocycles. The van der Waals surface area contributed by atoms with Crippen molar-refractivity contribution < 1.29 is 19.1 Å². The number of benzene rings is 1. The van der Waals surface area contributed by atoms with Gasteiger partial charge in [0.1, 0.15) is 6.29 Å². The maximum Gasteiger partial charge on any atom is 0.333 e. The van der Waals surface area contributed by atoms with Gasteiger partial charge in [-0.3, -0.25) is 4.79 Å². The standard InChI is InChI=1S/C18H24O4/c1-5-13(2)18(20)22-14(3)10-11-17(21-4)16-9-7-6-8-15(16)12-19/h5-9,12,14,17H,10-11H2,1-4H3/b13-5-. The van der Waals surface area contributed by atoms with Gasteiger partial charge in [-0.15, -0.1) is 0 Å². The van der Waals surface area contributed by atoms with Crippen LogP contribution in [0.15, 0.2) is 35.9 Å². The van der Waals surface area contributed by atoms with E-state index in [0.717, 1.165) is 11.8 Å². The summed E-state index contributed by atoms with van der Waals surface area (Å²) in [5.41, 5.74) is 2.09. The summed E-state index contributed by atoms with van der Waals surface area (Å²) in [6.07, 6.45) is 3.50. The van der Waals surface area contributed by atoms with Gasteiger partial charge in [0.05, 0.1) is 12.2 Å². The van der Waals surface area contributed by atoms with Crippen molar-refractivity contribution in [2.75, 3.05) is 7.11 Å². The van der Waals surface area contributed by atoms with Gasteiger partial charge in [-0.05, 0) is 39.2 Å². The first-order valence-electron chi connectivity index (χ1n) is 7.44. The van der Waals surface area contributed by atoms with Gasteiger partial charge in [0.25, 0.3) is 0 Å². The van der Waals surface area contributed by atoms with Gasteiger partial charge < -0.3 is 9.47 Å². The zero-order chi connectivity index (χ0) is 16.5. The summed E-state index contributed by atoms with van der Waals surface area (Å²) >= 11 is 0. The number of esters is 1. The maximum absolute atomic E-state index is 11.7. The summed E-state index contributed by atoms with van der Waals surface area (Å²) in [7, 11) is 1.62. The predicted octanol–water partition coefficient (Wildman–Crippen LogP) is 3.86. The normalized spacial score (nSPS) is 14.3. The summed E-state index contributed by atoms with van der Waals surface area (Å²) < 4.78 is 10.9. The smallest absolute Gasteiger partial charge is 0.333 e. The SMILES string of the molecule is C/C=C(/C)C(=O)OC(C)CCC(OC)c1ccccc1C=O. The summed E-state index contributed by atoms with van der Waals surface area (Å²) in [6, 6.07) is 7.36. The van der Waals surface area contributed by atoms with Crippen LogP contribution in [0, 0.1) is 0 Å². The fraction of sp³-hybridized carbons (Fsp3) is 0.444. The molecule has 0 aliphatic carbocycles. The summed E-state index contributed by atoms with van der Waals surface area (Å²) in [6.45, 7) is 5.39. The van der Waals surface area contributed by atoms with Crippen LogP contribution in [0.4, 0.5) is 0 Å². The summed E-state index contributed by atoms with van der Waals surface area (Å²) in [5.74, 6) is -0.294. The molecule has 0 N–H and O–H groups in total. The maximum atomic E-state index is 11.7. The molecule has 0 spiro atoms. The largest absolute Gasteiger partial charge is 0.459 e. The van der Waals surface area contributed by atoms with Crippen LogP contribution in [0.25, 0.3) is 0 Å². The van der Waals surface area contributed by atoms with Gasteiger partial charge in [0.2, 0.25) is 0 Å². The molecule has 120 valence electrons. The number of rotatable bonds is 8. The molecule has 1 rings (SSSR count). The van der Waals surface area contributed by atoms with Crippen molar-refractivity contribution in [2.24, 2.45) is 0 Å². The van der Waals surface area contributed by atoms with Crippen molar-refractivity contribution in [3.05, 3.63) is 47.0 Å². The third kappa shape index (κ3) is 5.11. The van der Waals surface area contributed by atoms with E-state index in [2.05, 4.69) is 0 Å². The molecule has 1 aromatic carbocycles. The second-order valence-corrected chi connectivity index (χ2v) is 5.24. The first kappa shape index (κ1) is 18.1. The molecule has 0 saturated heterocycles. The monoisotopic (exact) mass is 304 g/mol. The van der Waals surface area contributed by atoms with E-state index in [-0.39, 0.29) is 18.2 Å². The molecule has 0 heterocycles. The number of carbonyl (C=O) groups is 2. The van der Waals surface area contributed by atoms with Crippen LogP contribution < -0.4 is 0 Å². The highest BCUT2D eigenvalue weighted by Gasteiger charge is 2.17. The highest BCUT2D eigenvalue weighted by atomic mass is 16.5. The molecule has 2 atom stereocenters. The molecule has 1 aromatic rings. The quantitative estimate of drug-likeness (QED) is 0.416. The predicted molar refractivity (Wildman–Crippen MR) is 85.8 cm³/mol. The fourth-order valence-electron chi connectivity index (χ4n) is 2.15. The fourth-order valence-corrected chi connectivity index (χ4v) is 2.15. The molecule has 4 heteroatoms. The number of hydrogen-bond acceptors (Lipinski definition) is 4. The van der Waals surface area contributed by atoms with Crippen LogP contribution in [0.3, 0.4) is 0 Å². The van der Waals surface area contributed by atoms with E-state index in [9.17, 15) is 9.59 Å². The van der Waals surface area contributed by atoms with Crippen molar-refractivity contribution >= 4 is 12.3 Å². The van der Waals surface area contributed by atoms with E-state index in [4.69, 9.17) is 9.47 Å². The second-order valence-electron chi connectivity index (χ2n) is 5.24. The van der Waals surface area contributed by atoms with E-state index in [1.807, 2.05) is 25.1 Å². The molecule has 2 unspecified atom stereocenters. The number of carbonyl (C=O) groups excluding carboxylic acids is 2. The van der Waals surface area contributed by atoms with Crippen molar-refractivity contribution in [3.8, 4) is 0 Å². The lowest BCUT2D eigenvalue weighted by Gasteiger charge is -2.20. The first-order chi connectivity index (χ1) is 10.5. The molecular formula is C18H24O4. The molecule has 0 bridgehead atoms. The average Bonchev–Trinajstić information content (AvgIpc) is 2.54. The van der Waals surface area contributed by atoms with E-state index < -0.39 is 0 Å². The molecule has 22 heavy (non-hydrogen) atoms. The van der Waals surface area contributed by atoms with Crippen LogP contribution in [-0.4, -0.2) is 25.5 Å². The Labute approximate surface area is 132 Å². The number of hydrogen-bond donors (Lipinski definition) is 0. The highest BCUT2D eigenvalue weighted by Crippen LogP contribution is 2.25. The Bertz CT molecular complexity index is 534. The molecular weight excluding hydrogens is 280 g/mol. The van der Waals surface area contributed by atoms with Crippen molar-refractivity contribution in [1.82, 2.24) is 0 Å². The second kappa shape index (κ2) is 9.15. The average molecular weight is 304 g/mol. The molecule has 0 fully saturated rings. The van der Waals surface area contributed by atoms with Gasteiger partial charge in [-0.25, -0.2) is 4.79 Å². The van der Waals surface area contributed by atoms with Gasteiger partial charge in [-0.1, -0.05) is 30.3 Å². The molecule has 0 aliphatic rings. The van der Waals surface area contributed by atoms with Crippen LogP contribution >= 0.6 is 0 Å². The van der Waals surface area contributed by atoms with E-state index in [0.29, 0.717) is 24.0 Å². The number of methoxy groups -OCH3 is 1. The zero-order valence-electron chi connectivity index (χ0n) is 13.7. The Morgan fingerprint density at radius 1 is 1.27 bits per heavy atom. The van der Waals surface area contributed by atoms with E-state index in [1.54, 1.807) is 33.1 Å². The molecule has 0 saturated carbocycles. The summed E-state index contributed by atoms with van der Waals surface area (Å²) in [5, 5.41) is 0. The van der Waals surface area contributed by atoms with Crippen molar-refractivity contribution in [1.29, 1.82) is 0 Å². The lowest BCUT2D eigenvalue weighted by molar-refractivity contribution is -0.144.